The fourth-order valence-corrected chi connectivity index (χ4v) is 3.05. The standard InChI is InChI=1S/C14H15BrFNO4/c15-11-6-10(16)7-12(17(19)20)14(11)21-8-13(18)9-4-2-1-3-5-9/h6-7,9H,1-5,8H2. The van der Waals surface area contributed by atoms with Gasteiger partial charge < -0.3 is 4.74 Å². The second-order valence-corrected chi connectivity index (χ2v) is 5.94. The minimum Gasteiger partial charge on any atom is -0.478 e. The smallest absolute Gasteiger partial charge is 0.315 e. The van der Waals surface area contributed by atoms with Gasteiger partial charge in [-0.1, -0.05) is 19.3 Å². The Morgan fingerprint density at radius 1 is 1.38 bits per heavy atom. The number of nitro benzene ring substituents is 1. The molecule has 1 fully saturated rings. The van der Waals surface area contributed by atoms with Gasteiger partial charge in [-0.05, 0) is 34.8 Å². The van der Waals surface area contributed by atoms with Gasteiger partial charge in [0.25, 0.3) is 0 Å². The summed E-state index contributed by atoms with van der Waals surface area (Å²) in [6.45, 7) is -0.226. The fraction of sp³-hybridized carbons (Fsp3) is 0.500. The molecule has 1 aromatic rings. The van der Waals surface area contributed by atoms with Crippen molar-refractivity contribution in [2.45, 2.75) is 32.1 Å². The van der Waals surface area contributed by atoms with E-state index in [0.29, 0.717) is 0 Å². The van der Waals surface area contributed by atoms with Crippen LogP contribution in [0, 0.1) is 21.8 Å². The molecule has 114 valence electrons. The highest BCUT2D eigenvalue weighted by Crippen LogP contribution is 2.36. The highest BCUT2D eigenvalue weighted by Gasteiger charge is 2.25. The lowest BCUT2D eigenvalue weighted by molar-refractivity contribution is -0.386. The Kier molecular flexibility index (Phi) is 5.27. The van der Waals surface area contributed by atoms with Crippen LogP contribution >= 0.6 is 15.9 Å². The van der Waals surface area contributed by atoms with Crippen molar-refractivity contribution in [3.63, 3.8) is 0 Å². The maximum Gasteiger partial charge on any atom is 0.315 e. The molecule has 0 N–H and O–H groups in total. The topological polar surface area (TPSA) is 69.4 Å². The molecule has 0 saturated heterocycles. The molecule has 0 atom stereocenters. The van der Waals surface area contributed by atoms with E-state index < -0.39 is 16.4 Å². The monoisotopic (exact) mass is 359 g/mol. The minimum absolute atomic E-state index is 0.0305. The predicted molar refractivity (Wildman–Crippen MR) is 77.8 cm³/mol. The van der Waals surface area contributed by atoms with Crippen LogP contribution in [0.1, 0.15) is 32.1 Å². The molecule has 5 nitrogen and oxygen atoms in total. The van der Waals surface area contributed by atoms with Gasteiger partial charge in [0, 0.05) is 5.92 Å². The van der Waals surface area contributed by atoms with Gasteiger partial charge >= 0.3 is 5.69 Å². The first-order valence-electron chi connectivity index (χ1n) is 6.78. The summed E-state index contributed by atoms with van der Waals surface area (Å²) >= 11 is 3.03. The Morgan fingerprint density at radius 3 is 2.67 bits per heavy atom. The SMILES string of the molecule is O=C(COc1c(Br)cc(F)cc1[N+](=O)[O-])C1CCCCC1. The molecule has 0 bridgehead atoms. The number of rotatable bonds is 5. The van der Waals surface area contributed by atoms with E-state index in [-0.39, 0.29) is 28.5 Å². The van der Waals surface area contributed by atoms with Crippen LogP contribution in [0.15, 0.2) is 16.6 Å². The van der Waals surface area contributed by atoms with Crippen molar-refractivity contribution in [1.82, 2.24) is 0 Å². The minimum atomic E-state index is -0.737. The molecule has 1 aromatic carbocycles. The molecule has 0 heterocycles. The van der Waals surface area contributed by atoms with E-state index in [4.69, 9.17) is 4.74 Å². The molecule has 2 rings (SSSR count). The highest BCUT2D eigenvalue weighted by molar-refractivity contribution is 9.10. The van der Waals surface area contributed by atoms with Crippen LogP contribution in [0.25, 0.3) is 0 Å². The van der Waals surface area contributed by atoms with Crippen molar-refractivity contribution in [2.24, 2.45) is 5.92 Å². The Morgan fingerprint density at radius 2 is 2.05 bits per heavy atom. The van der Waals surface area contributed by atoms with E-state index in [1.165, 1.54) is 0 Å². The lowest BCUT2D eigenvalue weighted by Gasteiger charge is -2.20. The van der Waals surface area contributed by atoms with Gasteiger partial charge in [-0.2, -0.15) is 0 Å². The third kappa shape index (κ3) is 4.00. The van der Waals surface area contributed by atoms with Crippen LogP contribution in [0.2, 0.25) is 0 Å². The summed E-state index contributed by atoms with van der Waals surface area (Å²) in [6, 6.07) is 1.86. The lowest BCUT2D eigenvalue weighted by Crippen LogP contribution is -2.23. The number of ether oxygens (including phenoxy) is 1. The number of hydrogen-bond donors (Lipinski definition) is 0. The zero-order chi connectivity index (χ0) is 15.4. The van der Waals surface area contributed by atoms with Crippen LogP contribution in [0.5, 0.6) is 5.75 Å². The van der Waals surface area contributed by atoms with Gasteiger partial charge in [-0.3, -0.25) is 14.9 Å². The van der Waals surface area contributed by atoms with Crippen LogP contribution in [0.4, 0.5) is 10.1 Å². The Hall–Kier alpha value is -1.50. The molecule has 7 heteroatoms. The fourth-order valence-electron chi connectivity index (χ4n) is 2.51. The molecular formula is C14H15BrFNO4. The molecule has 1 aliphatic rings. The van der Waals surface area contributed by atoms with Crippen molar-refractivity contribution in [3.8, 4) is 5.75 Å². The summed E-state index contributed by atoms with van der Waals surface area (Å²) in [5, 5.41) is 10.9. The number of carbonyl (C=O) groups excluding carboxylic acids is 1. The molecule has 0 aliphatic heterocycles. The summed E-state index contributed by atoms with van der Waals surface area (Å²) in [4.78, 5) is 22.2. The van der Waals surface area contributed by atoms with Gasteiger partial charge in [0.15, 0.2) is 5.78 Å². The Bertz CT molecular complexity index is 558. The number of carbonyl (C=O) groups is 1. The number of nitrogens with zero attached hydrogens (tertiary/aromatic N) is 1. The van der Waals surface area contributed by atoms with E-state index in [2.05, 4.69) is 15.9 Å². The van der Waals surface area contributed by atoms with E-state index in [1.807, 2.05) is 0 Å². The van der Waals surface area contributed by atoms with Crippen LogP contribution in [0.3, 0.4) is 0 Å². The quantitative estimate of drug-likeness (QED) is 0.587. The third-order valence-corrected chi connectivity index (χ3v) is 4.19. The first kappa shape index (κ1) is 15.9. The van der Waals surface area contributed by atoms with E-state index >= 15 is 0 Å². The van der Waals surface area contributed by atoms with Gasteiger partial charge in [-0.25, -0.2) is 4.39 Å². The number of ketones is 1. The number of hydrogen-bond acceptors (Lipinski definition) is 4. The first-order valence-corrected chi connectivity index (χ1v) is 7.57. The van der Waals surface area contributed by atoms with Gasteiger partial charge in [0.05, 0.1) is 15.5 Å². The summed E-state index contributed by atoms with van der Waals surface area (Å²) in [6.07, 6.45) is 4.87. The van der Waals surface area contributed by atoms with Crippen molar-refractivity contribution in [2.75, 3.05) is 6.61 Å². The molecule has 0 radical (unpaired) electrons. The molecule has 21 heavy (non-hydrogen) atoms. The predicted octanol–water partition coefficient (Wildman–Crippen LogP) is 4.02. The van der Waals surface area contributed by atoms with Gasteiger partial charge in [-0.15, -0.1) is 0 Å². The molecule has 0 spiro atoms. The zero-order valence-corrected chi connectivity index (χ0v) is 12.9. The van der Waals surface area contributed by atoms with Crippen LogP contribution < -0.4 is 4.74 Å². The summed E-state index contributed by atoms with van der Waals surface area (Å²) < 4.78 is 18.6. The summed E-state index contributed by atoms with van der Waals surface area (Å²) in [7, 11) is 0. The second-order valence-electron chi connectivity index (χ2n) is 5.08. The van der Waals surface area contributed by atoms with Gasteiger partial charge in [0.1, 0.15) is 12.4 Å². The van der Waals surface area contributed by atoms with Gasteiger partial charge in [0.2, 0.25) is 5.75 Å². The maximum atomic E-state index is 13.2. The van der Waals surface area contributed by atoms with Crippen LogP contribution in [-0.4, -0.2) is 17.3 Å². The summed E-state index contributed by atoms with van der Waals surface area (Å²) in [5.74, 6) is -0.928. The lowest BCUT2D eigenvalue weighted by atomic mass is 9.86. The molecule has 0 aromatic heterocycles. The third-order valence-electron chi connectivity index (χ3n) is 3.60. The molecular weight excluding hydrogens is 345 g/mol. The van der Waals surface area contributed by atoms with E-state index in [0.717, 1.165) is 44.2 Å². The zero-order valence-electron chi connectivity index (χ0n) is 11.3. The normalized spacial score (nSPS) is 15.7. The molecule has 1 saturated carbocycles. The number of halogens is 2. The van der Waals surface area contributed by atoms with Crippen molar-refractivity contribution in [3.05, 3.63) is 32.5 Å². The van der Waals surface area contributed by atoms with Crippen molar-refractivity contribution >= 4 is 27.4 Å². The molecule has 0 unspecified atom stereocenters. The number of nitro groups is 1. The average Bonchev–Trinajstić information content (AvgIpc) is 2.46. The van der Waals surface area contributed by atoms with E-state index in [1.54, 1.807) is 0 Å². The first-order chi connectivity index (χ1) is 9.99. The molecule has 0 amide bonds. The maximum absolute atomic E-state index is 13.2. The molecule has 1 aliphatic carbocycles. The number of Topliss-reactive ketones (excluding diaryl/α,β-unsaturated/α-hetero) is 1. The Balaban J connectivity index is 2.08. The van der Waals surface area contributed by atoms with E-state index in [9.17, 15) is 19.3 Å². The van der Waals surface area contributed by atoms with Crippen molar-refractivity contribution in [1.29, 1.82) is 0 Å². The average molecular weight is 360 g/mol. The van der Waals surface area contributed by atoms with Crippen molar-refractivity contribution < 1.29 is 18.8 Å². The highest BCUT2D eigenvalue weighted by atomic mass is 79.9. The Labute approximate surface area is 129 Å². The van der Waals surface area contributed by atoms with Crippen LogP contribution in [-0.2, 0) is 4.79 Å². The second kappa shape index (κ2) is 6.98. The summed E-state index contributed by atoms with van der Waals surface area (Å²) in [5.41, 5.74) is -0.488. The number of benzene rings is 1. The largest absolute Gasteiger partial charge is 0.478 e.